The molecule has 2 fully saturated rings. The van der Waals surface area contributed by atoms with Gasteiger partial charge in [-0.25, -0.2) is 9.18 Å². The zero-order valence-corrected chi connectivity index (χ0v) is 17.9. The van der Waals surface area contributed by atoms with Crippen molar-refractivity contribution in [2.75, 3.05) is 25.0 Å². The third-order valence-electron chi connectivity index (χ3n) is 6.52. The number of hydrogen-bond acceptors (Lipinski definition) is 3. The van der Waals surface area contributed by atoms with Crippen LogP contribution < -0.4 is 5.32 Å². The topological polar surface area (TPSA) is 72.9 Å². The SMILES string of the molecule is O=C(Nc1cccc(F)c1)N1CC(=O)N2[C@@H](CO)[C@@H](c3ccc(-c4ccccc4)cc3)[C@@H]2C1. The first-order valence-corrected chi connectivity index (χ1v) is 10.9. The van der Waals surface area contributed by atoms with E-state index in [1.165, 1.54) is 23.1 Å². The normalized spacial score (nSPS) is 21.9. The quantitative estimate of drug-likeness (QED) is 0.643. The van der Waals surface area contributed by atoms with Crippen LogP contribution in [0.4, 0.5) is 14.9 Å². The van der Waals surface area contributed by atoms with Crippen molar-refractivity contribution in [1.82, 2.24) is 9.80 Å². The highest BCUT2D eigenvalue weighted by molar-refractivity contribution is 5.93. The molecule has 168 valence electrons. The smallest absolute Gasteiger partial charge is 0.322 e. The average Bonchev–Trinajstić information content (AvgIpc) is 2.81. The molecule has 3 aromatic rings. The number of carbonyl (C=O) groups is 2. The molecule has 2 aliphatic heterocycles. The molecule has 0 unspecified atom stereocenters. The van der Waals surface area contributed by atoms with E-state index in [-0.39, 0.29) is 37.1 Å². The largest absolute Gasteiger partial charge is 0.394 e. The number of benzene rings is 3. The van der Waals surface area contributed by atoms with Crippen molar-refractivity contribution >= 4 is 17.6 Å². The van der Waals surface area contributed by atoms with Gasteiger partial charge in [0.15, 0.2) is 0 Å². The van der Waals surface area contributed by atoms with Crippen LogP contribution in [0.3, 0.4) is 0 Å². The molecule has 0 aliphatic carbocycles. The summed E-state index contributed by atoms with van der Waals surface area (Å²) in [5.41, 5.74) is 3.57. The lowest BCUT2D eigenvalue weighted by atomic mass is 9.73. The molecule has 7 heteroatoms. The number of nitrogens with one attached hydrogen (secondary N) is 1. The Balaban J connectivity index is 1.34. The number of aliphatic hydroxyl groups excluding tert-OH is 1. The van der Waals surface area contributed by atoms with Gasteiger partial charge in [-0.2, -0.15) is 0 Å². The van der Waals surface area contributed by atoms with E-state index in [2.05, 4.69) is 5.32 Å². The number of anilines is 1. The molecule has 2 heterocycles. The molecule has 0 bridgehead atoms. The van der Waals surface area contributed by atoms with E-state index in [0.717, 1.165) is 16.7 Å². The fourth-order valence-electron chi connectivity index (χ4n) is 4.95. The minimum absolute atomic E-state index is 0.0754. The van der Waals surface area contributed by atoms with Crippen molar-refractivity contribution in [1.29, 1.82) is 0 Å². The Bertz CT molecular complexity index is 1170. The number of rotatable bonds is 4. The van der Waals surface area contributed by atoms with Gasteiger partial charge < -0.3 is 20.2 Å². The maximum absolute atomic E-state index is 13.5. The molecule has 2 saturated heterocycles. The lowest BCUT2D eigenvalue weighted by molar-refractivity contribution is -0.159. The van der Waals surface area contributed by atoms with E-state index in [9.17, 15) is 19.1 Å². The fraction of sp³-hybridized carbons (Fsp3) is 0.231. The van der Waals surface area contributed by atoms with Gasteiger partial charge in [-0.15, -0.1) is 0 Å². The first kappa shape index (κ1) is 21.2. The van der Waals surface area contributed by atoms with Crippen LogP contribution in [0.25, 0.3) is 11.1 Å². The third-order valence-corrected chi connectivity index (χ3v) is 6.52. The molecule has 0 radical (unpaired) electrons. The van der Waals surface area contributed by atoms with Crippen molar-refractivity contribution < 1.29 is 19.1 Å². The Morgan fingerprint density at radius 2 is 1.73 bits per heavy atom. The Kier molecular flexibility index (Phi) is 5.56. The summed E-state index contributed by atoms with van der Waals surface area (Å²) in [4.78, 5) is 28.7. The van der Waals surface area contributed by atoms with Crippen LogP contribution in [0.1, 0.15) is 11.5 Å². The van der Waals surface area contributed by atoms with Gasteiger partial charge in [0.05, 0.1) is 18.7 Å². The molecule has 0 saturated carbocycles. The van der Waals surface area contributed by atoms with Gasteiger partial charge in [0.25, 0.3) is 0 Å². The number of aliphatic hydroxyl groups is 1. The number of halogens is 1. The number of amides is 3. The molecule has 3 aromatic carbocycles. The first-order chi connectivity index (χ1) is 16.0. The van der Waals surface area contributed by atoms with Gasteiger partial charge >= 0.3 is 6.03 Å². The van der Waals surface area contributed by atoms with Crippen molar-refractivity contribution in [3.8, 4) is 11.1 Å². The van der Waals surface area contributed by atoms with E-state index in [4.69, 9.17) is 0 Å². The van der Waals surface area contributed by atoms with Crippen LogP contribution in [0, 0.1) is 5.82 Å². The van der Waals surface area contributed by atoms with Crippen LogP contribution in [0.5, 0.6) is 0 Å². The summed E-state index contributed by atoms with van der Waals surface area (Å²) in [6.07, 6.45) is 0. The van der Waals surface area contributed by atoms with Crippen molar-refractivity contribution in [3.63, 3.8) is 0 Å². The second kappa shape index (κ2) is 8.67. The van der Waals surface area contributed by atoms with E-state index < -0.39 is 11.8 Å². The zero-order valence-electron chi connectivity index (χ0n) is 17.9. The maximum Gasteiger partial charge on any atom is 0.322 e. The predicted molar refractivity (Wildman–Crippen MR) is 123 cm³/mol. The van der Waals surface area contributed by atoms with E-state index in [1.54, 1.807) is 11.0 Å². The Morgan fingerprint density at radius 1 is 1.00 bits per heavy atom. The van der Waals surface area contributed by atoms with Crippen LogP contribution in [0.15, 0.2) is 78.9 Å². The van der Waals surface area contributed by atoms with Gasteiger partial charge in [-0.1, -0.05) is 60.7 Å². The fourth-order valence-corrected chi connectivity index (χ4v) is 4.95. The summed E-state index contributed by atoms with van der Waals surface area (Å²) in [5, 5.41) is 12.6. The molecule has 2 aliphatic rings. The Hall–Kier alpha value is -3.71. The number of carbonyl (C=O) groups excluding carboxylic acids is 2. The summed E-state index contributed by atoms with van der Waals surface area (Å²) in [7, 11) is 0. The standard InChI is InChI=1S/C26H24FN3O3/c27-20-7-4-8-21(13-20)28-26(33)29-14-22-25(23(16-31)30(22)24(32)15-29)19-11-9-18(10-12-19)17-5-2-1-3-6-17/h1-13,22-23,25,31H,14-16H2,(H,28,33)/t22-,23-,25-/m0/s1. The second-order valence-corrected chi connectivity index (χ2v) is 8.45. The van der Waals surface area contributed by atoms with Crippen molar-refractivity contribution in [2.45, 2.75) is 18.0 Å². The van der Waals surface area contributed by atoms with Crippen LogP contribution in [0.2, 0.25) is 0 Å². The zero-order chi connectivity index (χ0) is 22.9. The second-order valence-electron chi connectivity index (χ2n) is 8.45. The maximum atomic E-state index is 13.5. The van der Waals surface area contributed by atoms with Gasteiger partial charge in [0, 0.05) is 18.2 Å². The van der Waals surface area contributed by atoms with Crippen LogP contribution in [-0.4, -0.2) is 58.6 Å². The van der Waals surface area contributed by atoms with Crippen molar-refractivity contribution in [2.24, 2.45) is 0 Å². The summed E-state index contributed by atoms with van der Waals surface area (Å²) >= 11 is 0. The summed E-state index contributed by atoms with van der Waals surface area (Å²) in [6, 6.07) is 22.9. The molecule has 0 aromatic heterocycles. The lowest BCUT2D eigenvalue weighted by Crippen LogP contribution is -2.73. The van der Waals surface area contributed by atoms with E-state index >= 15 is 0 Å². The third kappa shape index (κ3) is 3.96. The number of fused-ring (bicyclic) bond motifs is 1. The molecular weight excluding hydrogens is 421 g/mol. The monoisotopic (exact) mass is 445 g/mol. The van der Waals surface area contributed by atoms with Gasteiger partial charge in [-0.3, -0.25) is 4.79 Å². The summed E-state index contributed by atoms with van der Waals surface area (Å²) in [5.74, 6) is -0.720. The van der Waals surface area contributed by atoms with Crippen LogP contribution >= 0.6 is 0 Å². The lowest BCUT2D eigenvalue weighted by Gasteiger charge is -2.58. The van der Waals surface area contributed by atoms with Crippen LogP contribution in [-0.2, 0) is 4.79 Å². The number of urea groups is 1. The molecule has 3 amide bonds. The molecule has 2 N–H and O–H groups in total. The molecule has 0 spiro atoms. The Morgan fingerprint density at radius 3 is 2.42 bits per heavy atom. The highest BCUT2D eigenvalue weighted by atomic mass is 19.1. The Labute approximate surface area is 191 Å². The minimum Gasteiger partial charge on any atom is -0.394 e. The molecule has 5 rings (SSSR count). The van der Waals surface area contributed by atoms with E-state index in [1.807, 2.05) is 54.6 Å². The molecule has 6 nitrogen and oxygen atoms in total. The molecule has 33 heavy (non-hydrogen) atoms. The summed E-state index contributed by atoms with van der Waals surface area (Å²) < 4.78 is 13.5. The van der Waals surface area contributed by atoms with Crippen molar-refractivity contribution in [3.05, 3.63) is 90.2 Å². The summed E-state index contributed by atoms with van der Waals surface area (Å²) in [6.45, 7) is 0.130. The highest BCUT2D eigenvalue weighted by Gasteiger charge is 2.54. The number of hydrogen-bond donors (Lipinski definition) is 2. The predicted octanol–water partition coefficient (Wildman–Crippen LogP) is 3.70. The van der Waals surface area contributed by atoms with E-state index in [0.29, 0.717) is 12.2 Å². The van der Waals surface area contributed by atoms with Gasteiger partial charge in [0.1, 0.15) is 12.4 Å². The van der Waals surface area contributed by atoms with Gasteiger partial charge in [0.2, 0.25) is 5.91 Å². The molecular formula is C26H24FN3O3. The van der Waals surface area contributed by atoms with Gasteiger partial charge in [-0.05, 0) is 34.9 Å². The first-order valence-electron chi connectivity index (χ1n) is 10.9. The minimum atomic E-state index is -0.447. The highest BCUT2D eigenvalue weighted by Crippen LogP contribution is 2.43. The number of piperazine rings is 1. The average molecular weight is 445 g/mol. The number of nitrogens with zero attached hydrogens (tertiary/aromatic N) is 2. The molecule has 3 atom stereocenters.